The number of urea groups is 1. The number of anilines is 1. The number of carbonyl (C=O) groups is 1. The monoisotopic (exact) mass is 315 g/mol. The maximum absolute atomic E-state index is 12.1. The zero-order valence-electron chi connectivity index (χ0n) is 13.0. The van der Waals surface area contributed by atoms with Gasteiger partial charge in [-0.25, -0.2) is 4.79 Å². The molecule has 0 spiro atoms. The van der Waals surface area contributed by atoms with Crippen LogP contribution in [-0.2, 0) is 4.74 Å². The minimum atomic E-state index is -0.234. The summed E-state index contributed by atoms with van der Waals surface area (Å²) in [4.78, 5) is 12.1. The summed E-state index contributed by atoms with van der Waals surface area (Å²) in [5, 5.41) is 14.3. The lowest BCUT2D eigenvalue weighted by Crippen LogP contribution is -2.35. The number of hydrogen-bond acceptors (Lipinski definition) is 4. The molecule has 2 aromatic heterocycles. The van der Waals surface area contributed by atoms with Crippen LogP contribution in [0.4, 0.5) is 10.5 Å². The summed E-state index contributed by atoms with van der Waals surface area (Å²) in [6.45, 7) is 1.33. The van der Waals surface area contributed by atoms with Crippen LogP contribution in [0.1, 0.15) is 43.8 Å². The Morgan fingerprint density at radius 1 is 1.30 bits per heavy atom. The Morgan fingerprint density at radius 3 is 2.96 bits per heavy atom. The van der Waals surface area contributed by atoms with E-state index in [1.54, 1.807) is 0 Å². The Balaban J connectivity index is 1.45. The second-order valence-corrected chi connectivity index (χ2v) is 6.27. The highest BCUT2D eigenvalue weighted by Gasteiger charge is 2.25. The molecule has 0 bridgehead atoms. The molecule has 2 aliphatic rings. The summed E-state index contributed by atoms with van der Waals surface area (Å²) in [5.74, 6) is 1.49. The summed E-state index contributed by atoms with van der Waals surface area (Å²) in [7, 11) is 0. The number of nitrogens with zero attached hydrogens (tertiary/aromatic N) is 3. The third-order valence-corrected chi connectivity index (χ3v) is 4.69. The molecule has 0 aromatic carbocycles. The molecule has 1 atom stereocenters. The maximum Gasteiger partial charge on any atom is 0.319 e. The van der Waals surface area contributed by atoms with Crippen molar-refractivity contribution in [2.75, 3.05) is 18.5 Å². The average Bonchev–Trinajstić information content (AvgIpc) is 3.14. The zero-order chi connectivity index (χ0) is 15.6. The molecule has 7 nitrogen and oxygen atoms in total. The van der Waals surface area contributed by atoms with E-state index in [1.807, 2.05) is 22.7 Å². The van der Waals surface area contributed by atoms with Crippen LogP contribution < -0.4 is 10.6 Å². The summed E-state index contributed by atoms with van der Waals surface area (Å²) in [6, 6.07) is 3.52. The first kappa shape index (κ1) is 14.4. The van der Waals surface area contributed by atoms with Crippen molar-refractivity contribution in [3.8, 4) is 0 Å². The number of rotatable bonds is 4. The van der Waals surface area contributed by atoms with E-state index in [2.05, 4.69) is 20.8 Å². The van der Waals surface area contributed by atoms with Crippen LogP contribution >= 0.6 is 0 Å². The lowest BCUT2D eigenvalue weighted by molar-refractivity contribution is 0.112. The van der Waals surface area contributed by atoms with E-state index < -0.39 is 0 Å². The number of amides is 2. The van der Waals surface area contributed by atoms with Gasteiger partial charge >= 0.3 is 6.03 Å². The molecule has 1 saturated carbocycles. The molecule has 0 unspecified atom stereocenters. The molecule has 2 amide bonds. The van der Waals surface area contributed by atoms with Crippen molar-refractivity contribution in [1.29, 1.82) is 0 Å². The molecule has 2 aromatic rings. The summed E-state index contributed by atoms with van der Waals surface area (Å²) in [5.41, 5.74) is 1.37. The third-order valence-electron chi connectivity index (χ3n) is 4.69. The van der Waals surface area contributed by atoms with E-state index in [9.17, 15) is 4.79 Å². The van der Waals surface area contributed by atoms with Gasteiger partial charge in [0.05, 0.1) is 11.8 Å². The number of nitrogens with one attached hydrogen (secondary N) is 2. The molecule has 1 saturated heterocycles. The number of ether oxygens (including phenoxy) is 1. The largest absolute Gasteiger partial charge is 0.376 e. The minimum absolute atomic E-state index is 0.134. The number of hydrogen-bond donors (Lipinski definition) is 2. The molecule has 1 aliphatic carbocycles. The second-order valence-electron chi connectivity index (χ2n) is 6.27. The second kappa shape index (κ2) is 6.16. The Bertz CT molecular complexity index is 704. The summed E-state index contributed by atoms with van der Waals surface area (Å²) >= 11 is 0. The van der Waals surface area contributed by atoms with Gasteiger partial charge in [-0.3, -0.25) is 4.40 Å². The van der Waals surface area contributed by atoms with Gasteiger partial charge in [-0.05, 0) is 37.8 Å². The van der Waals surface area contributed by atoms with Gasteiger partial charge < -0.3 is 15.4 Å². The van der Waals surface area contributed by atoms with E-state index in [0.717, 1.165) is 25.3 Å². The van der Waals surface area contributed by atoms with Crippen molar-refractivity contribution in [3.05, 3.63) is 24.2 Å². The van der Waals surface area contributed by atoms with E-state index in [1.165, 1.54) is 19.3 Å². The van der Waals surface area contributed by atoms with Crippen molar-refractivity contribution < 1.29 is 9.53 Å². The van der Waals surface area contributed by atoms with Crippen LogP contribution in [-0.4, -0.2) is 39.9 Å². The van der Waals surface area contributed by atoms with Gasteiger partial charge in [0.1, 0.15) is 5.82 Å². The minimum Gasteiger partial charge on any atom is -0.376 e. The van der Waals surface area contributed by atoms with Gasteiger partial charge in [-0.15, -0.1) is 10.2 Å². The zero-order valence-corrected chi connectivity index (χ0v) is 13.0. The average molecular weight is 315 g/mol. The predicted molar refractivity (Wildman–Crippen MR) is 85.6 cm³/mol. The molecule has 0 radical (unpaired) electrons. The standard InChI is InChI=1S/C16H21N5O2/c22-16(17-10-12-6-3-9-23-12)18-13-7-2-8-21-14(11-4-1-5-11)19-20-15(13)21/h2,7-8,11-12H,1,3-6,9-10H2,(H2,17,18,22)/t12-/m1/s1. The molecule has 122 valence electrons. The summed E-state index contributed by atoms with van der Waals surface area (Å²) in [6.07, 6.45) is 7.75. The highest BCUT2D eigenvalue weighted by molar-refractivity contribution is 5.93. The van der Waals surface area contributed by atoms with Crippen LogP contribution in [0.15, 0.2) is 18.3 Å². The molecule has 1 aliphatic heterocycles. The number of fused-ring (bicyclic) bond motifs is 1. The fourth-order valence-electron chi connectivity index (χ4n) is 3.15. The summed E-state index contributed by atoms with van der Waals surface area (Å²) < 4.78 is 7.49. The van der Waals surface area contributed by atoms with Gasteiger partial charge in [-0.1, -0.05) is 6.42 Å². The van der Waals surface area contributed by atoms with Crippen LogP contribution in [0, 0.1) is 0 Å². The Morgan fingerprint density at radius 2 is 2.22 bits per heavy atom. The predicted octanol–water partition coefficient (Wildman–Crippen LogP) is 2.30. The lowest BCUT2D eigenvalue weighted by atomic mass is 9.85. The molecule has 2 fully saturated rings. The molecule has 7 heteroatoms. The van der Waals surface area contributed by atoms with Gasteiger partial charge in [0.25, 0.3) is 0 Å². The Kier molecular flexibility index (Phi) is 3.87. The van der Waals surface area contributed by atoms with Crippen LogP contribution in [0.3, 0.4) is 0 Å². The van der Waals surface area contributed by atoms with E-state index >= 15 is 0 Å². The first-order valence-corrected chi connectivity index (χ1v) is 8.31. The first-order chi connectivity index (χ1) is 11.3. The highest BCUT2D eigenvalue weighted by atomic mass is 16.5. The molecular formula is C16H21N5O2. The normalized spacial score (nSPS) is 21.3. The number of aromatic nitrogens is 3. The third kappa shape index (κ3) is 2.88. The van der Waals surface area contributed by atoms with Gasteiger partial charge in [0.15, 0.2) is 5.65 Å². The molecule has 3 heterocycles. The molecular weight excluding hydrogens is 294 g/mol. The quantitative estimate of drug-likeness (QED) is 0.907. The van der Waals surface area contributed by atoms with E-state index in [0.29, 0.717) is 23.8 Å². The van der Waals surface area contributed by atoms with E-state index in [-0.39, 0.29) is 12.1 Å². The van der Waals surface area contributed by atoms with Crippen molar-refractivity contribution in [2.45, 2.75) is 44.1 Å². The van der Waals surface area contributed by atoms with Crippen molar-refractivity contribution in [1.82, 2.24) is 19.9 Å². The SMILES string of the molecule is O=C(NC[C@H]1CCCO1)Nc1cccn2c(C3CCC3)nnc12. The van der Waals surface area contributed by atoms with Gasteiger partial charge in [-0.2, -0.15) is 0 Å². The van der Waals surface area contributed by atoms with E-state index in [4.69, 9.17) is 4.74 Å². The molecule has 4 rings (SSSR count). The van der Waals surface area contributed by atoms with Gasteiger partial charge in [0, 0.05) is 25.3 Å². The fourth-order valence-corrected chi connectivity index (χ4v) is 3.15. The number of pyridine rings is 1. The van der Waals surface area contributed by atoms with Crippen molar-refractivity contribution in [2.24, 2.45) is 0 Å². The highest BCUT2D eigenvalue weighted by Crippen LogP contribution is 2.35. The smallest absolute Gasteiger partial charge is 0.319 e. The van der Waals surface area contributed by atoms with Crippen molar-refractivity contribution >= 4 is 17.4 Å². The topological polar surface area (TPSA) is 80.5 Å². The van der Waals surface area contributed by atoms with Crippen LogP contribution in [0.5, 0.6) is 0 Å². The Labute approximate surface area is 134 Å². The van der Waals surface area contributed by atoms with Crippen molar-refractivity contribution in [3.63, 3.8) is 0 Å². The van der Waals surface area contributed by atoms with Crippen LogP contribution in [0.2, 0.25) is 0 Å². The fraction of sp³-hybridized carbons (Fsp3) is 0.562. The Hall–Kier alpha value is -2.15. The van der Waals surface area contributed by atoms with Gasteiger partial charge in [0.2, 0.25) is 0 Å². The molecule has 2 N–H and O–H groups in total. The first-order valence-electron chi connectivity index (χ1n) is 8.31. The lowest BCUT2D eigenvalue weighted by Gasteiger charge is -2.23. The number of carbonyl (C=O) groups excluding carboxylic acids is 1. The maximum atomic E-state index is 12.1. The molecule has 23 heavy (non-hydrogen) atoms. The van der Waals surface area contributed by atoms with Crippen LogP contribution in [0.25, 0.3) is 5.65 Å².